The largest absolute Gasteiger partial charge is 0.309 e. The first kappa shape index (κ1) is 53.9. The molecule has 0 atom stereocenters. The first-order valence-electron chi connectivity index (χ1n) is 32.2. The summed E-state index contributed by atoms with van der Waals surface area (Å²) >= 11 is 0. The molecule has 0 amide bonds. The molecule has 1 aliphatic carbocycles. The van der Waals surface area contributed by atoms with Crippen LogP contribution in [0.25, 0.3) is 144 Å². The maximum absolute atomic E-state index is 2.44. The van der Waals surface area contributed by atoms with Crippen molar-refractivity contribution in [2.75, 3.05) is 0 Å². The lowest BCUT2D eigenvalue weighted by atomic mass is 9.67. The second-order valence-corrected chi connectivity index (χ2v) is 24.7. The highest BCUT2D eigenvalue weighted by Gasteiger charge is 2.46. The van der Waals surface area contributed by atoms with E-state index >= 15 is 0 Å². The van der Waals surface area contributed by atoms with Gasteiger partial charge in [-0.15, -0.1) is 0 Å². The molecule has 2 aromatic heterocycles. The predicted octanol–water partition coefficient (Wildman–Crippen LogP) is 23.9. The van der Waals surface area contributed by atoms with Crippen molar-refractivity contribution < 1.29 is 0 Å². The minimum Gasteiger partial charge on any atom is -0.309 e. The van der Waals surface area contributed by atoms with E-state index in [9.17, 15) is 0 Å². The Bertz CT molecular complexity index is 5670. The molecule has 1 aliphatic rings. The van der Waals surface area contributed by atoms with E-state index in [1.165, 1.54) is 155 Å². The van der Waals surface area contributed by atoms with E-state index in [-0.39, 0.29) is 0 Å². The number of benzene rings is 15. The normalized spacial score (nSPS) is 12.4. The summed E-state index contributed by atoms with van der Waals surface area (Å²) in [6.45, 7) is 0. The number of nitrogens with zero attached hydrogens (tertiary/aromatic N) is 2. The lowest BCUT2D eigenvalue weighted by Gasteiger charge is -2.34. The van der Waals surface area contributed by atoms with E-state index in [2.05, 4.69) is 373 Å². The van der Waals surface area contributed by atoms with Gasteiger partial charge in [0.15, 0.2) is 0 Å². The van der Waals surface area contributed by atoms with Crippen LogP contribution in [0.5, 0.6) is 0 Å². The van der Waals surface area contributed by atoms with Crippen LogP contribution in [0.2, 0.25) is 0 Å². The highest BCUT2D eigenvalue weighted by Crippen LogP contribution is 2.57. The molecule has 93 heavy (non-hydrogen) atoms. The topological polar surface area (TPSA) is 9.86 Å². The van der Waals surface area contributed by atoms with Gasteiger partial charge in [0.05, 0.1) is 27.5 Å². The van der Waals surface area contributed by atoms with Crippen molar-refractivity contribution in [1.82, 2.24) is 9.13 Å². The molecule has 0 saturated carbocycles. The van der Waals surface area contributed by atoms with Crippen LogP contribution in [0.1, 0.15) is 22.3 Å². The lowest BCUT2D eigenvalue weighted by molar-refractivity contribution is 0.769. The molecule has 2 heterocycles. The fourth-order valence-electron chi connectivity index (χ4n) is 15.3. The maximum Gasteiger partial charge on any atom is 0.0713 e. The van der Waals surface area contributed by atoms with Crippen molar-refractivity contribution in [3.05, 3.63) is 386 Å². The SMILES string of the molecule is c1ccc(-c2ccc(-n3c4ccccc4c4cc(-c5ccc6c(c5)c5ccccc5n6-c5cccc(-c6ccc(-c7ccc(-c8cccc(C9(c%10cccc(-c%11ccccc%11-c%11ccccc%11)c%10)c%10ccccc%10-c%10ccccc%109)c8)cc7)cc6)c5)ccc43)cc2)cc1. The molecule has 15 aromatic carbocycles. The van der Waals surface area contributed by atoms with Gasteiger partial charge in [-0.25, -0.2) is 0 Å². The van der Waals surface area contributed by atoms with Crippen LogP contribution in [0.3, 0.4) is 0 Å². The van der Waals surface area contributed by atoms with E-state index < -0.39 is 5.41 Å². The van der Waals surface area contributed by atoms with Crippen molar-refractivity contribution in [3.63, 3.8) is 0 Å². The Balaban J connectivity index is 0.643. The quantitative estimate of drug-likeness (QED) is 0.122. The van der Waals surface area contributed by atoms with Crippen molar-refractivity contribution in [2.45, 2.75) is 5.41 Å². The summed E-state index contributed by atoms with van der Waals surface area (Å²) in [6.07, 6.45) is 0. The van der Waals surface area contributed by atoms with Gasteiger partial charge in [-0.3, -0.25) is 0 Å². The molecule has 2 heteroatoms. The number of fused-ring (bicyclic) bond motifs is 9. The van der Waals surface area contributed by atoms with E-state index in [4.69, 9.17) is 0 Å². The highest BCUT2D eigenvalue weighted by molar-refractivity contribution is 6.13. The van der Waals surface area contributed by atoms with Crippen LogP contribution in [-0.4, -0.2) is 9.13 Å². The highest BCUT2D eigenvalue weighted by atomic mass is 15.0. The van der Waals surface area contributed by atoms with Crippen molar-refractivity contribution in [1.29, 1.82) is 0 Å². The molecule has 0 fully saturated rings. The molecule has 0 unspecified atom stereocenters. The average molecular weight is 1180 g/mol. The monoisotopic (exact) mass is 1180 g/mol. The summed E-state index contributed by atoms with van der Waals surface area (Å²) < 4.78 is 4.83. The van der Waals surface area contributed by atoms with Crippen LogP contribution in [0.4, 0.5) is 0 Å². The molecule has 18 rings (SSSR count). The summed E-state index contributed by atoms with van der Waals surface area (Å²) in [5.41, 5.74) is 30.9. The van der Waals surface area contributed by atoms with Gasteiger partial charge in [-0.05, 0) is 184 Å². The second-order valence-electron chi connectivity index (χ2n) is 24.7. The van der Waals surface area contributed by atoms with Crippen molar-refractivity contribution in [2.24, 2.45) is 0 Å². The van der Waals surface area contributed by atoms with E-state index in [1.54, 1.807) is 0 Å². The molecule has 0 spiro atoms. The minimum atomic E-state index is -0.559. The van der Waals surface area contributed by atoms with Crippen LogP contribution in [-0.2, 0) is 5.41 Å². The third kappa shape index (κ3) is 8.94. The Morgan fingerprint density at radius 2 is 0.505 bits per heavy atom. The Kier molecular flexibility index (Phi) is 12.8. The van der Waals surface area contributed by atoms with Gasteiger partial charge in [-0.2, -0.15) is 0 Å². The molecule has 434 valence electrons. The zero-order valence-corrected chi connectivity index (χ0v) is 51.0. The second kappa shape index (κ2) is 22.1. The van der Waals surface area contributed by atoms with Crippen LogP contribution < -0.4 is 0 Å². The van der Waals surface area contributed by atoms with Crippen LogP contribution in [0.15, 0.2) is 364 Å². The lowest BCUT2D eigenvalue weighted by Crippen LogP contribution is -2.28. The maximum atomic E-state index is 2.44. The van der Waals surface area contributed by atoms with Crippen LogP contribution >= 0.6 is 0 Å². The van der Waals surface area contributed by atoms with Gasteiger partial charge in [0, 0.05) is 32.9 Å². The third-order valence-corrected chi connectivity index (χ3v) is 19.7. The van der Waals surface area contributed by atoms with E-state index in [0.29, 0.717) is 0 Å². The molecule has 0 aliphatic heterocycles. The Hall–Kier alpha value is -12.1. The number of hydrogen-bond donors (Lipinski definition) is 0. The summed E-state index contributed by atoms with van der Waals surface area (Å²) in [4.78, 5) is 0. The van der Waals surface area contributed by atoms with E-state index in [0.717, 1.165) is 11.4 Å². The van der Waals surface area contributed by atoms with Gasteiger partial charge >= 0.3 is 0 Å². The van der Waals surface area contributed by atoms with E-state index in [1.807, 2.05) is 0 Å². The van der Waals surface area contributed by atoms with Crippen molar-refractivity contribution >= 4 is 43.6 Å². The number of para-hydroxylation sites is 2. The summed E-state index contributed by atoms with van der Waals surface area (Å²) in [6, 6.07) is 135. The first-order chi connectivity index (χ1) is 46.1. The summed E-state index contributed by atoms with van der Waals surface area (Å²) in [5.74, 6) is 0. The molecule has 0 radical (unpaired) electrons. The van der Waals surface area contributed by atoms with Gasteiger partial charge in [-0.1, -0.05) is 291 Å². The molecule has 17 aromatic rings. The summed E-state index contributed by atoms with van der Waals surface area (Å²) in [5, 5.41) is 4.95. The first-order valence-corrected chi connectivity index (χ1v) is 32.2. The number of hydrogen-bond acceptors (Lipinski definition) is 0. The number of aromatic nitrogens is 2. The zero-order chi connectivity index (χ0) is 61.4. The fraction of sp³-hybridized carbons (Fsp3) is 0.0110. The van der Waals surface area contributed by atoms with Gasteiger partial charge in [0.1, 0.15) is 0 Å². The molecule has 0 bridgehead atoms. The molecular weight excluding hydrogens is 1120 g/mol. The third-order valence-electron chi connectivity index (χ3n) is 19.7. The smallest absolute Gasteiger partial charge is 0.0713 e. The Labute approximate surface area is 541 Å². The average Bonchev–Trinajstić information content (AvgIpc) is 1.57. The molecule has 0 saturated heterocycles. The molecular formula is C91H60N2. The Morgan fingerprint density at radius 1 is 0.172 bits per heavy atom. The Morgan fingerprint density at radius 3 is 1.04 bits per heavy atom. The molecule has 0 N–H and O–H groups in total. The van der Waals surface area contributed by atoms with Gasteiger partial charge < -0.3 is 9.13 Å². The number of rotatable bonds is 11. The van der Waals surface area contributed by atoms with Crippen molar-refractivity contribution in [3.8, 4) is 100 Å². The molecule has 2 nitrogen and oxygen atoms in total. The van der Waals surface area contributed by atoms with Gasteiger partial charge in [0.25, 0.3) is 0 Å². The standard InChI is InChI=1S/C91H60N2/c1-3-20-61(21-4-1)64-48-52-75(53-49-64)92-87-38-15-11-34-81(87)83-59-70(50-54-89(83)92)71-51-55-90-84(60-71)82-35-12-16-39-88(82)93(90)76-29-19-25-69(58-76)66-46-42-63(43-47-66)62-40-44-65(45-41-62)68-24-17-27-73(56-68)91(85-36-13-9-32-79(85)80-33-10-14-37-86(80)91)74-28-18-26-72(57-74)78-31-8-7-30-77(78)67-22-5-2-6-23-67/h1-60H. The minimum absolute atomic E-state index is 0.559. The predicted molar refractivity (Wildman–Crippen MR) is 390 cm³/mol. The zero-order valence-electron chi connectivity index (χ0n) is 51.0. The van der Waals surface area contributed by atoms with Crippen LogP contribution in [0, 0.1) is 0 Å². The summed E-state index contributed by atoms with van der Waals surface area (Å²) in [7, 11) is 0. The van der Waals surface area contributed by atoms with Gasteiger partial charge in [0.2, 0.25) is 0 Å². The fourth-order valence-corrected chi connectivity index (χ4v) is 15.3.